The van der Waals surface area contributed by atoms with Gasteiger partial charge in [0.05, 0.1) is 12.6 Å². The van der Waals surface area contributed by atoms with Crippen molar-refractivity contribution in [2.24, 2.45) is 0 Å². The van der Waals surface area contributed by atoms with Gasteiger partial charge in [-0.2, -0.15) is 0 Å². The molecule has 0 spiro atoms. The predicted octanol–water partition coefficient (Wildman–Crippen LogP) is 3.18. The standard InChI is InChI=1S/C17H19ClN2O3/c18-14-3-1-2-13(10-14)16(21)11-20(17(22)23)9-8-12-4-6-15(19)7-5-12/h1-7,10,16,21H,8-9,11,19H2,(H,22,23)/t16-/m1/s1. The lowest BCUT2D eigenvalue weighted by molar-refractivity contribution is 0.0973. The van der Waals surface area contributed by atoms with E-state index in [1.807, 2.05) is 12.1 Å². The van der Waals surface area contributed by atoms with E-state index in [1.54, 1.807) is 36.4 Å². The molecule has 0 unspecified atom stereocenters. The van der Waals surface area contributed by atoms with Gasteiger partial charge in [0, 0.05) is 17.3 Å². The normalized spacial score (nSPS) is 11.9. The fourth-order valence-electron chi connectivity index (χ4n) is 2.24. The van der Waals surface area contributed by atoms with Crippen molar-refractivity contribution in [3.05, 3.63) is 64.7 Å². The van der Waals surface area contributed by atoms with Gasteiger partial charge in [0.25, 0.3) is 0 Å². The number of carboxylic acid groups (broad SMARTS) is 1. The number of carbonyl (C=O) groups is 1. The molecule has 1 amide bonds. The lowest BCUT2D eigenvalue weighted by Crippen LogP contribution is -2.35. The van der Waals surface area contributed by atoms with Crippen molar-refractivity contribution < 1.29 is 15.0 Å². The minimum atomic E-state index is -1.07. The van der Waals surface area contributed by atoms with Gasteiger partial charge in [0.2, 0.25) is 0 Å². The van der Waals surface area contributed by atoms with E-state index < -0.39 is 12.2 Å². The molecule has 2 rings (SSSR count). The molecule has 0 heterocycles. The second kappa shape index (κ2) is 7.85. The molecule has 0 fully saturated rings. The largest absolute Gasteiger partial charge is 0.465 e. The number of aliphatic hydroxyl groups is 1. The topological polar surface area (TPSA) is 86.8 Å². The molecule has 0 bridgehead atoms. The third-order valence-electron chi connectivity index (χ3n) is 3.55. The van der Waals surface area contributed by atoms with E-state index in [0.29, 0.717) is 22.7 Å². The number of hydrogen-bond acceptors (Lipinski definition) is 3. The van der Waals surface area contributed by atoms with Crippen molar-refractivity contribution in [3.8, 4) is 0 Å². The van der Waals surface area contributed by atoms with Gasteiger partial charge in [-0.15, -0.1) is 0 Å². The van der Waals surface area contributed by atoms with E-state index in [4.69, 9.17) is 17.3 Å². The molecule has 4 N–H and O–H groups in total. The van der Waals surface area contributed by atoms with Crippen LogP contribution in [0.2, 0.25) is 5.02 Å². The Morgan fingerprint density at radius 2 is 1.91 bits per heavy atom. The lowest BCUT2D eigenvalue weighted by Gasteiger charge is -2.23. The van der Waals surface area contributed by atoms with Crippen LogP contribution in [0.1, 0.15) is 17.2 Å². The number of nitrogens with two attached hydrogens (primary N) is 1. The number of rotatable bonds is 6. The Morgan fingerprint density at radius 3 is 2.52 bits per heavy atom. The summed E-state index contributed by atoms with van der Waals surface area (Å²) in [5, 5.41) is 20.0. The van der Waals surface area contributed by atoms with Crippen molar-refractivity contribution in [2.45, 2.75) is 12.5 Å². The summed E-state index contributed by atoms with van der Waals surface area (Å²) in [7, 11) is 0. The van der Waals surface area contributed by atoms with Crippen LogP contribution >= 0.6 is 11.6 Å². The number of halogens is 1. The summed E-state index contributed by atoms with van der Waals surface area (Å²) >= 11 is 5.89. The smallest absolute Gasteiger partial charge is 0.407 e. The second-order valence-electron chi connectivity index (χ2n) is 5.29. The summed E-state index contributed by atoms with van der Waals surface area (Å²) in [4.78, 5) is 12.6. The van der Waals surface area contributed by atoms with Crippen LogP contribution in [0.15, 0.2) is 48.5 Å². The number of hydrogen-bond donors (Lipinski definition) is 3. The molecule has 0 radical (unpaired) electrons. The highest BCUT2D eigenvalue weighted by molar-refractivity contribution is 6.30. The van der Waals surface area contributed by atoms with E-state index in [1.165, 1.54) is 4.90 Å². The molecule has 5 nitrogen and oxygen atoms in total. The van der Waals surface area contributed by atoms with Crippen LogP contribution in [0.25, 0.3) is 0 Å². The highest BCUT2D eigenvalue weighted by atomic mass is 35.5. The van der Waals surface area contributed by atoms with Gasteiger partial charge in [0.15, 0.2) is 0 Å². The molecule has 0 aromatic heterocycles. The molecular weight excluding hydrogens is 316 g/mol. The Bertz CT molecular complexity index is 661. The zero-order valence-electron chi connectivity index (χ0n) is 12.5. The minimum Gasteiger partial charge on any atom is -0.465 e. The van der Waals surface area contributed by atoms with Crippen LogP contribution in [0, 0.1) is 0 Å². The minimum absolute atomic E-state index is 0.00928. The van der Waals surface area contributed by atoms with Crippen molar-refractivity contribution in [1.29, 1.82) is 0 Å². The SMILES string of the molecule is Nc1ccc(CCN(C[C@@H](O)c2cccc(Cl)c2)C(=O)O)cc1. The Morgan fingerprint density at radius 1 is 1.22 bits per heavy atom. The summed E-state index contributed by atoms with van der Waals surface area (Å²) in [5.41, 5.74) is 7.87. The Hall–Kier alpha value is -2.24. The first kappa shape index (κ1) is 17.1. The highest BCUT2D eigenvalue weighted by Crippen LogP contribution is 2.19. The fourth-order valence-corrected chi connectivity index (χ4v) is 2.44. The van der Waals surface area contributed by atoms with E-state index in [2.05, 4.69) is 0 Å². The van der Waals surface area contributed by atoms with Gasteiger partial charge in [-0.05, 0) is 41.8 Å². The number of anilines is 1. The molecule has 0 saturated heterocycles. The van der Waals surface area contributed by atoms with Crippen molar-refractivity contribution in [2.75, 3.05) is 18.8 Å². The molecular formula is C17H19ClN2O3. The van der Waals surface area contributed by atoms with E-state index >= 15 is 0 Å². The second-order valence-corrected chi connectivity index (χ2v) is 5.73. The zero-order chi connectivity index (χ0) is 16.8. The summed E-state index contributed by atoms with van der Waals surface area (Å²) < 4.78 is 0. The quantitative estimate of drug-likeness (QED) is 0.708. The molecule has 2 aromatic rings. The van der Waals surface area contributed by atoms with Gasteiger partial charge in [-0.1, -0.05) is 35.9 Å². The lowest BCUT2D eigenvalue weighted by atomic mass is 10.1. The Balaban J connectivity index is 1.98. The van der Waals surface area contributed by atoms with Crippen LogP contribution in [-0.4, -0.2) is 34.3 Å². The third-order valence-corrected chi connectivity index (χ3v) is 3.78. The van der Waals surface area contributed by atoms with Gasteiger partial charge in [-0.3, -0.25) is 0 Å². The first-order valence-electron chi connectivity index (χ1n) is 7.21. The first-order valence-corrected chi connectivity index (χ1v) is 7.59. The van der Waals surface area contributed by atoms with Crippen LogP contribution in [0.5, 0.6) is 0 Å². The molecule has 0 aliphatic heterocycles. The fraction of sp³-hybridized carbons (Fsp3) is 0.235. The molecule has 23 heavy (non-hydrogen) atoms. The van der Waals surface area contributed by atoms with Gasteiger partial charge >= 0.3 is 6.09 Å². The summed E-state index contributed by atoms with van der Waals surface area (Å²) in [5.74, 6) is 0. The van der Waals surface area contributed by atoms with E-state index in [0.717, 1.165) is 5.56 Å². The maximum absolute atomic E-state index is 11.4. The number of benzene rings is 2. The van der Waals surface area contributed by atoms with Crippen LogP contribution in [0.3, 0.4) is 0 Å². The highest BCUT2D eigenvalue weighted by Gasteiger charge is 2.18. The zero-order valence-corrected chi connectivity index (χ0v) is 13.3. The number of amides is 1. The summed E-state index contributed by atoms with van der Waals surface area (Å²) in [6.45, 7) is 0.279. The van der Waals surface area contributed by atoms with Crippen LogP contribution < -0.4 is 5.73 Å². The maximum atomic E-state index is 11.4. The van der Waals surface area contributed by atoms with Crippen LogP contribution in [0.4, 0.5) is 10.5 Å². The van der Waals surface area contributed by atoms with Crippen molar-refractivity contribution in [3.63, 3.8) is 0 Å². The van der Waals surface area contributed by atoms with Gasteiger partial charge in [0.1, 0.15) is 0 Å². The molecule has 2 aromatic carbocycles. The monoisotopic (exact) mass is 334 g/mol. The Labute approximate surface area is 139 Å². The molecule has 122 valence electrons. The Kier molecular flexibility index (Phi) is 5.84. The van der Waals surface area contributed by atoms with E-state index in [-0.39, 0.29) is 13.1 Å². The first-order chi connectivity index (χ1) is 11.0. The predicted molar refractivity (Wildman–Crippen MR) is 90.6 cm³/mol. The third kappa shape index (κ3) is 5.16. The van der Waals surface area contributed by atoms with Gasteiger partial charge < -0.3 is 20.8 Å². The molecule has 6 heteroatoms. The summed E-state index contributed by atoms with van der Waals surface area (Å²) in [6.07, 6.45) is -1.44. The molecule has 0 aliphatic carbocycles. The average molecular weight is 335 g/mol. The van der Waals surface area contributed by atoms with E-state index in [9.17, 15) is 15.0 Å². The maximum Gasteiger partial charge on any atom is 0.407 e. The number of nitrogens with zero attached hydrogens (tertiary/aromatic N) is 1. The van der Waals surface area contributed by atoms with Crippen molar-refractivity contribution in [1.82, 2.24) is 4.90 Å². The van der Waals surface area contributed by atoms with Crippen LogP contribution in [-0.2, 0) is 6.42 Å². The average Bonchev–Trinajstić information content (AvgIpc) is 2.52. The summed E-state index contributed by atoms with van der Waals surface area (Å²) in [6, 6.07) is 14.1. The molecule has 0 aliphatic rings. The van der Waals surface area contributed by atoms with Crippen molar-refractivity contribution >= 4 is 23.4 Å². The van der Waals surface area contributed by atoms with Gasteiger partial charge in [-0.25, -0.2) is 4.79 Å². The number of nitrogen functional groups attached to an aromatic ring is 1. The molecule has 1 atom stereocenters. The molecule has 0 saturated carbocycles. The number of aliphatic hydroxyl groups excluding tert-OH is 1.